The average Bonchev–Trinajstić information content (AvgIpc) is 2.39. The van der Waals surface area contributed by atoms with E-state index in [1.165, 1.54) is 5.56 Å². The topological polar surface area (TPSA) is 41.5 Å². The largest absolute Gasteiger partial charge is 0.493 e. The Labute approximate surface area is 109 Å². The second kappa shape index (κ2) is 6.21. The molecule has 3 heteroatoms. The highest BCUT2D eigenvalue weighted by Crippen LogP contribution is 2.32. The third-order valence-corrected chi connectivity index (χ3v) is 3.71. The fraction of sp³-hybridized carbons (Fsp3) is 0.600. The van der Waals surface area contributed by atoms with E-state index >= 15 is 0 Å². The maximum Gasteiger partial charge on any atom is 0.122 e. The molecule has 1 aliphatic rings. The fourth-order valence-corrected chi connectivity index (χ4v) is 2.43. The van der Waals surface area contributed by atoms with Crippen LogP contribution in [0.5, 0.6) is 5.75 Å². The van der Waals surface area contributed by atoms with Crippen molar-refractivity contribution >= 4 is 0 Å². The molecule has 100 valence electrons. The molecule has 0 spiro atoms. The van der Waals surface area contributed by atoms with Gasteiger partial charge in [-0.3, -0.25) is 0 Å². The molecule has 0 bridgehead atoms. The van der Waals surface area contributed by atoms with Crippen LogP contribution in [0, 0.1) is 5.92 Å². The molecular weight excluding hydrogens is 226 g/mol. The lowest BCUT2D eigenvalue weighted by Crippen LogP contribution is -2.40. The minimum absolute atomic E-state index is 0.181. The van der Waals surface area contributed by atoms with Gasteiger partial charge in [0.05, 0.1) is 13.2 Å². The Kier molecular flexibility index (Phi) is 4.61. The van der Waals surface area contributed by atoms with Crippen molar-refractivity contribution in [3.8, 4) is 5.75 Å². The molecule has 3 nitrogen and oxygen atoms in total. The summed E-state index contributed by atoms with van der Waals surface area (Å²) in [4.78, 5) is 0. The number of rotatable bonds is 5. The van der Waals surface area contributed by atoms with Gasteiger partial charge in [0.2, 0.25) is 0 Å². The van der Waals surface area contributed by atoms with Gasteiger partial charge in [-0.25, -0.2) is 0 Å². The number of nitrogens with one attached hydrogen (secondary N) is 1. The minimum atomic E-state index is 0.181. The maximum atomic E-state index is 9.33. The van der Waals surface area contributed by atoms with Gasteiger partial charge in [0, 0.05) is 18.5 Å². The highest BCUT2D eigenvalue weighted by atomic mass is 16.5. The summed E-state index contributed by atoms with van der Waals surface area (Å²) < 4.78 is 5.66. The lowest BCUT2D eigenvalue weighted by atomic mass is 9.92. The van der Waals surface area contributed by atoms with Gasteiger partial charge < -0.3 is 15.2 Å². The minimum Gasteiger partial charge on any atom is -0.493 e. The standard InChI is InChI=1S/C15H23NO2/c1-11(2)14(10-17)16-9-12-7-8-18-15-6-4-3-5-13(12)15/h3-6,11-12,14,16-17H,7-10H2,1-2H3/t12?,14-/m1/s1. The molecule has 0 saturated heterocycles. The van der Waals surface area contributed by atoms with Gasteiger partial charge in [-0.05, 0) is 24.0 Å². The predicted molar refractivity (Wildman–Crippen MR) is 73.0 cm³/mol. The van der Waals surface area contributed by atoms with Gasteiger partial charge in [-0.2, -0.15) is 0 Å². The lowest BCUT2D eigenvalue weighted by molar-refractivity contribution is 0.202. The van der Waals surface area contributed by atoms with E-state index in [4.69, 9.17) is 4.74 Å². The number of ether oxygens (including phenoxy) is 1. The molecule has 1 aromatic carbocycles. The quantitative estimate of drug-likeness (QED) is 0.840. The zero-order chi connectivity index (χ0) is 13.0. The van der Waals surface area contributed by atoms with E-state index in [1.807, 2.05) is 12.1 Å². The summed E-state index contributed by atoms with van der Waals surface area (Å²) in [6.07, 6.45) is 1.04. The maximum absolute atomic E-state index is 9.33. The van der Waals surface area contributed by atoms with E-state index in [0.717, 1.165) is 25.3 Å². The Morgan fingerprint density at radius 3 is 2.89 bits per heavy atom. The highest BCUT2D eigenvalue weighted by molar-refractivity contribution is 5.37. The van der Waals surface area contributed by atoms with E-state index < -0.39 is 0 Å². The molecule has 1 heterocycles. The molecule has 0 aromatic heterocycles. The van der Waals surface area contributed by atoms with Gasteiger partial charge in [-0.1, -0.05) is 32.0 Å². The second-order valence-electron chi connectivity index (χ2n) is 5.31. The molecule has 0 saturated carbocycles. The van der Waals surface area contributed by atoms with Crippen molar-refractivity contribution in [2.24, 2.45) is 5.92 Å². The average molecular weight is 249 g/mol. The van der Waals surface area contributed by atoms with E-state index in [2.05, 4.69) is 31.3 Å². The number of aliphatic hydroxyl groups is 1. The third-order valence-electron chi connectivity index (χ3n) is 3.71. The van der Waals surface area contributed by atoms with Gasteiger partial charge in [0.15, 0.2) is 0 Å². The number of aliphatic hydroxyl groups excluding tert-OH is 1. The van der Waals surface area contributed by atoms with Crippen LogP contribution in [-0.2, 0) is 0 Å². The Bertz CT molecular complexity index is 379. The molecule has 2 N–H and O–H groups in total. The molecule has 1 aliphatic heterocycles. The first kappa shape index (κ1) is 13.4. The highest BCUT2D eigenvalue weighted by Gasteiger charge is 2.22. The SMILES string of the molecule is CC(C)[C@@H](CO)NCC1CCOc2ccccc21. The summed E-state index contributed by atoms with van der Waals surface area (Å²) in [6, 6.07) is 8.43. The van der Waals surface area contributed by atoms with E-state index in [0.29, 0.717) is 11.8 Å². The monoisotopic (exact) mass is 249 g/mol. The molecule has 0 amide bonds. The van der Waals surface area contributed by atoms with E-state index in [-0.39, 0.29) is 12.6 Å². The molecule has 0 radical (unpaired) electrons. The Morgan fingerprint density at radius 2 is 2.17 bits per heavy atom. The second-order valence-corrected chi connectivity index (χ2v) is 5.31. The van der Waals surface area contributed by atoms with Crippen molar-refractivity contribution in [3.63, 3.8) is 0 Å². The van der Waals surface area contributed by atoms with Crippen molar-refractivity contribution in [2.75, 3.05) is 19.8 Å². The zero-order valence-corrected chi connectivity index (χ0v) is 11.2. The van der Waals surface area contributed by atoms with Crippen LogP contribution in [-0.4, -0.2) is 30.9 Å². The Balaban J connectivity index is 1.99. The number of benzene rings is 1. The Hall–Kier alpha value is -1.06. The summed E-state index contributed by atoms with van der Waals surface area (Å²) in [6.45, 7) is 6.15. The van der Waals surface area contributed by atoms with Crippen LogP contribution < -0.4 is 10.1 Å². The van der Waals surface area contributed by atoms with Crippen molar-refractivity contribution in [2.45, 2.75) is 32.2 Å². The summed E-state index contributed by atoms with van der Waals surface area (Å²) >= 11 is 0. The molecule has 0 aliphatic carbocycles. The van der Waals surface area contributed by atoms with Crippen molar-refractivity contribution in [1.82, 2.24) is 5.32 Å². The zero-order valence-electron chi connectivity index (χ0n) is 11.2. The number of hydrogen-bond donors (Lipinski definition) is 2. The number of para-hydroxylation sites is 1. The third kappa shape index (κ3) is 3.03. The summed E-state index contributed by atoms with van der Waals surface area (Å²) in [5, 5.41) is 12.8. The van der Waals surface area contributed by atoms with Crippen LogP contribution in [0.25, 0.3) is 0 Å². The van der Waals surface area contributed by atoms with Crippen LogP contribution in [0.15, 0.2) is 24.3 Å². The van der Waals surface area contributed by atoms with Crippen LogP contribution >= 0.6 is 0 Å². The van der Waals surface area contributed by atoms with E-state index in [9.17, 15) is 5.11 Å². The van der Waals surface area contributed by atoms with Gasteiger partial charge >= 0.3 is 0 Å². The molecule has 2 rings (SSSR count). The van der Waals surface area contributed by atoms with E-state index in [1.54, 1.807) is 0 Å². The molecule has 2 atom stereocenters. The first-order valence-corrected chi connectivity index (χ1v) is 6.78. The van der Waals surface area contributed by atoms with Gasteiger partial charge in [-0.15, -0.1) is 0 Å². The smallest absolute Gasteiger partial charge is 0.122 e. The first-order valence-electron chi connectivity index (χ1n) is 6.78. The normalized spacial score (nSPS) is 20.3. The molecule has 1 aromatic rings. The van der Waals surface area contributed by atoms with Crippen LogP contribution in [0.4, 0.5) is 0 Å². The fourth-order valence-electron chi connectivity index (χ4n) is 2.43. The van der Waals surface area contributed by atoms with Crippen molar-refractivity contribution in [1.29, 1.82) is 0 Å². The van der Waals surface area contributed by atoms with Crippen molar-refractivity contribution in [3.05, 3.63) is 29.8 Å². The molecule has 1 unspecified atom stereocenters. The Morgan fingerprint density at radius 1 is 1.39 bits per heavy atom. The van der Waals surface area contributed by atoms with Gasteiger partial charge in [0.25, 0.3) is 0 Å². The van der Waals surface area contributed by atoms with Crippen LogP contribution in [0.1, 0.15) is 31.7 Å². The number of hydrogen-bond acceptors (Lipinski definition) is 3. The summed E-state index contributed by atoms with van der Waals surface area (Å²) in [5.41, 5.74) is 1.29. The predicted octanol–water partition coefficient (Wildman–Crippen LogP) is 2.16. The number of fused-ring (bicyclic) bond motifs is 1. The van der Waals surface area contributed by atoms with Gasteiger partial charge in [0.1, 0.15) is 5.75 Å². The first-order chi connectivity index (χ1) is 8.72. The van der Waals surface area contributed by atoms with Crippen LogP contribution in [0.2, 0.25) is 0 Å². The molecular formula is C15H23NO2. The van der Waals surface area contributed by atoms with Crippen LogP contribution in [0.3, 0.4) is 0 Å². The summed E-state index contributed by atoms with van der Waals surface area (Å²) in [5.74, 6) is 1.95. The summed E-state index contributed by atoms with van der Waals surface area (Å²) in [7, 11) is 0. The molecule has 0 fully saturated rings. The van der Waals surface area contributed by atoms with Crippen molar-refractivity contribution < 1.29 is 9.84 Å². The molecule has 18 heavy (non-hydrogen) atoms. The lowest BCUT2D eigenvalue weighted by Gasteiger charge is -2.28.